The number of nitrogens with one attached hydrogen (secondary N) is 1. The van der Waals surface area contributed by atoms with Gasteiger partial charge in [0.05, 0.1) is 9.26 Å². The number of benzene rings is 1. The summed E-state index contributed by atoms with van der Waals surface area (Å²) in [5.41, 5.74) is 1.18. The minimum Gasteiger partial charge on any atom is -0.372 e. The van der Waals surface area contributed by atoms with Gasteiger partial charge in [0.15, 0.2) is 5.82 Å². The van der Waals surface area contributed by atoms with Crippen molar-refractivity contribution >= 4 is 28.4 Å². The molecule has 0 unspecified atom stereocenters. The van der Waals surface area contributed by atoms with Crippen LogP contribution in [0.25, 0.3) is 11.4 Å². The molecule has 3 nitrogen and oxygen atoms in total. The second-order valence-electron chi connectivity index (χ2n) is 4.66. The average Bonchev–Trinajstić information content (AvgIpc) is 2.37. The minimum absolute atomic E-state index is 0.189. The van der Waals surface area contributed by atoms with E-state index in [1.807, 2.05) is 13.8 Å². The zero-order valence-electron chi connectivity index (χ0n) is 11.3. The molecule has 6 heteroatoms. The maximum Gasteiger partial charge on any atom is 0.162 e. The average molecular weight is 389 g/mol. The van der Waals surface area contributed by atoms with Crippen LogP contribution in [0.15, 0.2) is 18.2 Å². The zero-order valence-corrected chi connectivity index (χ0v) is 13.5. The van der Waals surface area contributed by atoms with Crippen molar-refractivity contribution in [3.8, 4) is 11.4 Å². The molecule has 0 aliphatic carbocycles. The lowest BCUT2D eigenvalue weighted by atomic mass is 10.1. The van der Waals surface area contributed by atoms with Crippen molar-refractivity contribution in [2.24, 2.45) is 0 Å². The number of aromatic nitrogens is 2. The van der Waals surface area contributed by atoms with Gasteiger partial charge in [-0.1, -0.05) is 13.8 Å². The van der Waals surface area contributed by atoms with E-state index in [-0.39, 0.29) is 5.92 Å². The molecule has 1 aromatic carbocycles. The quantitative estimate of drug-likeness (QED) is 0.801. The summed E-state index contributed by atoms with van der Waals surface area (Å²) in [7, 11) is 1.75. The Kier molecular flexibility index (Phi) is 4.52. The SMILES string of the molecule is CNc1nc(-c2cc(F)cc(F)c2)nc(C(C)C)c1I. The van der Waals surface area contributed by atoms with Crippen molar-refractivity contribution < 1.29 is 8.78 Å². The molecule has 20 heavy (non-hydrogen) atoms. The molecule has 0 saturated carbocycles. The van der Waals surface area contributed by atoms with E-state index in [1.54, 1.807) is 7.05 Å². The number of nitrogens with zero attached hydrogens (tertiary/aromatic N) is 2. The van der Waals surface area contributed by atoms with Crippen LogP contribution in [0.1, 0.15) is 25.5 Å². The van der Waals surface area contributed by atoms with E-state index in [0.29, 0.717) is 17.2 Å². The highest BCUT2D eigenvalue weighted by atomic mass is 127. The van der Waals surface area contributed by atoms with Crippen LogP contribution in [-0.4, -0.2) is 17.0 Å². The highest BCUT2D eigenvalue weighted by Crippen LogP contribution is 2.28. The Morgan fingerprint density at radius 1 is 1.10 bits per heavy atom. The molecule has 0 atom stereocenters. The number of hydrogen-bond donors (Lipinski definition) is 1. The summed E-state index contributed by atoms with van der Waals surface area (Å²) in [5, 5.41) is 2.98. The Hall–Kier alpha value is -1.31. The highest BCUT2D eigenvalue weighted by Gasteiger charge is 2.16. The first kappa shape index (κ1) is 15.1. The second kappa shape index (κ2) is 5.99. The normalized spacial score (nSPS) is 10.9. The van der Waals surface area contributed by atoms with Gasteiger partial charge in [-0.3, -0.25) is 0 Å². The molecule has 0 bridgehead atoms. The topological polar surface area (TPSA) is 37.8 Å². The molecule has 1 N–H and O–H groups in total. The van der Waals surface area contributed by atoms with Gasteiger partial charge in [-0.25, -0.2) is 18.7 Å². The molecule has 106 valence electrons. The van der Waals surface area contributed by atoms with Gasteiger partial charge in [-0.15, -0.1) is 0 Å². The predicted octanol–water partition coefficient (Wildman–Crippen LogP) is 4.19. The molecule has 0 radical (unpaired) electrons. The lowest BCUT2D eigenvalue weighted by molar-refractivity contribution is 0.584. The van der Waals surface area contributed by atoms with Crippen LogP contribution >= 0.6 is 22.6 Å². The molecule has 2 aromatic rings. The van der Waals surface area contributed by atoms with Crippen LogP contribution in [0, 0.1) is 15.2 Å². The first-order valence-electron chi connectivity index (χ1n) is 6.14. The molecule has 0 saturated heterocycles. The van der Waals surface area contributed by atoms with Crippen LogP contribution in [0.4, 0.5) is 14.6 Å². The van der Waals surface area contributed by atoms with E-state index >= 15 is 0 Å². The van der Waals surface area contributed by atoms with E-state index in [4.69, 9.17) is 0 Å². The van der Waals surface area contributed by atoms with Gasteiger partial charge in [0.2, 0.25) is 0 Å². The third kappa shape index (κ3) is 3.05. The van der Waals surface area contributed by atoms with Gasteiger partial charge in [-0.05, 0) is 40.6 Å². The summed E-state index contributed by atoms with van der Waals surface area (Å²) in [6.07, 6.45) is 0. The van der Waals surface area contributed by atoms with Crippen molar-refractivity contribution in [2.45, 2.75) is 19.8 Å². The number of hydrogen-bond acceptors (Lipinski definition) is 3. The van der Waals surface area contributed by atoms with Gasteiger partial charge in [-0.2, -0.15) is 0 Å². The second-order valence-corrected chi connectivity index (χ2v) is 5.74. The van der Waals surface area contributed by atoms with Gasteiger partial charge < -0.3 is 5.32 Å². The Morgan fingerprint density at radius 3 is 2.20 bits per heavy atom. The third-order valence-electron chi connectivity index (χ3n) is 2.78. The smallest absolute Gasteiger partial charge is 0.162 e. The molecular weight excluding hydrogens is 375 g/mol. The van der Waals surface area contributed by atoms with Crippen LogP contribution in [-0.2, 0) is 0 Å². The van der Waals surface area contributed by atoms with Crippen LogP contribution < -0.4 is 5.32 Å². The van der Waals surface area contributed by atoms with E-state index in [2.05, 4.69) is 37.9 Å². The summed E-state index contributed by atoms with van der Waals surface area (Å²) in [5.74, 6) is -0.117. The monoisotopic (exact) mass is 389 g/mol. The van der Waals surface area contributed by atoms with Gasteiger partial charge in [0, 0.05) is 18.7 Å². The van der Waals surface area contributed by atoms with Crippen molar-refractivity contribution in [1.29, 1.82) is 0 Å². The number of halogens is 3. The summed E-state index contributed by atoms with van der Waals surface area (Å²) in [6.45, 7) is 4.03. The maximum atomic E-state index is 13.3. The fourth-order valence-corrected chi connectivity index (χ4v) is 2.96. The molecule has 1 heterocycles. The van der Waals surface area contributed by atoms with E-state index in [0.717, 1.165) is 15.3 Å². The molecule has 0 aliphatic rings. The standard InChI is InChI=1S/C14H14F2IN3/c1-7(2)12-11(17)14(18-3)20-13(19-12)8-4-9(15)6-10(16)5-8/h4-7H,1-3H3,(H,18,19,20). The third-order valence-corrected chi connectivity index (χ3v) is 3.84. The first-order valence-corrected chi connectivity index (χ1v) is 7.22. The van der Waals surface area contributed by atoms with Crippen molar-refractivity contribution in [1.82, 2.24) is 9.97 Å². The maximum absolute atomic E-state index is 13.3. The first-order chi connectivity index (χ1) is 9.42. The van der Waals surface area contributed by atoms with Gasteiger partial charge >= 0.3 is 0 Å². The van der Waals surface area contributed by atoms with Crippen LogP contribution in [0.5, 0.6) is 0 Å². The number of anilines is 1. The van der Waals surface area contributed by atoms with Crippen LogP contribution in [0.3, 0.4) is 0 Å². The minimum atomic E-state index is -0.640. The molecule has 2 rings (SSSR count). The fraction of sp³-hybridized carbons (Fsp3) is 0.286. The predicted molar refractivity (Wildman–Crippen MR) is 83.7 cm³/mol. The van der Waals surface area contributed by atoms with Crippen molar-refractivity contribution in [3.63, 3.8) is 0 Å². The van der Waals surface area contributed by atoms with E-state index in [1.165, 1.54) is 12.1 Å². The van der Waals surface area contributed by atoms with Crippen LogP contribution in [0.2, 0.25) is 0 Å². The van der Waals surface area contributed by atoms with E-state index < -0.39 is 11.6 Å². The lowest BCUT2D eigenvalue weighted by Gasteiger charge is -2.13. The summed E-state index contributed by atoms with van der Waals surface area (Å²) < 4.78 is 27.6. The zero-order chi connectivity index (χ0) is 14.9. The lowest BCUT2D eigenvalue weighted by Crippen LogP contribution is -2.06. The molecule has 0 fully saturated rings. The molecule has 0 spiro atoms. The fourth-order valence-electron chi connectivity index (χ4n) is 1.82. The Morgan fingerprint density at radius 2 is 1.70 bits per heavy atom. The largest absolute Gasteiger partial charge is 0.372 e. The van der Waals surface area contributed by atoms with Gasteiger partial charge in [0.1, 0.15) is 17.5 Å². The molecule has 0 amide bonds. The van der Waals surface area contributed by atoms with Crippen molar-refractivity contribution in [3.05, 3.63) is 39.1 Å². The molecule has 1 aromatic heterocycles. The van der Waals surface area contributed by atoms with Gasteiger partial charge in [0.25, 0.3) is 0 Å². The highest BCUT2D eigenvalue weighted by molar-refractivity contribution is 14.1. The van der Waals surface area contributed by atoms with E-state index in [9.17, 15) is 8.78 Å². The molecule has 0 aliphatic heterocycles. The molecular formula is C14H14F2IN3. The summed E-state index contributed by atoms with van der Waals surface area (Å²) >= 11 is 2.17. The Bertz CT molecular complexity index is 624. The summed E-state index contributed by atoms with van der Waals surface area (Å²) in [4.78, 5) is 8.76. The van der Waals surface area contributed by atoms with Crippen molar-refractivity contribution in [2.75, 3.05) is 12.4 Å². The Balaban J connectivity index is 2.64. The summed E-state index contributed by atoms with van der Waals surface area (Å²) in [6, 6.07) is 3.29. The number of rotatable bonds is 3. The Labute approximate surface area is 130 Å².